The molecule has 1 aromatic heterocycles. The molecule has 3 aromatic rings. The highest BCUT2D eigenvalue weighted by atomic mass is 35.5. The number of nitrogens with zero attached hydrogens (tertiary/aromatic N) is 3. The molecule has 3 rings (SSSR count). The van der Waals surface area contributed by atoms with E-state index < -0.39 is 6.10 Å². The highest BCUT2D eigenvalue weighted by molar-refractivity contribution is 6.32. The molecule has 0 unspecified atom stereocenters. The molecule has 1 atom stereocenters. The van der Waals surface area contributed by atoms with Crippen LogP contribution < -0.4 is 4.74 Å². The van der Waals surface area contributed by atoms with Gasteiger partial charge in [-0.1, -0.05) is 59.2 Å². The summed E-state index contributed by atoms with van der Waals surface area (Å²) in [4.78, 5) is 18.3. The Balaban J connectivity index is 1.62. The predicted octanol–water partition coefficient (Wildman–Crippen LogP) is 3.82. The standard InChI is InChI=1S/C19H18ClN3O3/c1-13(25-16-11-7-6-10-15(16)20)19(24)23(2)12-17-21-18(22-26-17)14-8-4-3-5-9-14/h3-11,13H,12H2,1-2H3/t13-/m0/s1. The van der Waals surface area contributed by atoms with Gasteiger partial charge in [-0.05, 0) is 19.1 Å². The van der Waals surface area contributed by atoms with Gasteiger partial charge in [-0.25, -0.2) is 0 Å². The molecule has 0 radical (unpaired) electrons. The molecule has 0 aliphatic rings. The molecular weight excluding hydrogens is 354 g/mol. The zero-order valence-electron chi connectivity index (χ0n) is 14.4. The van der Waals surface area contributed by atoms with E-state index in [0.29, 0.717) is 22.5 Å². The second kappa shape index (κ2) is 8.01. The lowest BCUT2D eigenvalue weighted by Gasteiger charge is -2.21. The summed E-state index contributed by atoms with van der Waals surface area (Å²) in [6.45, 7) is 1.86. The molecule has 0 saturated heterocycles. The molecule has 0 saturated carbocycles. The van der Waals surface area contributed by atoms with E-state index in [0.717, 1.165) is 5.56 Å². The van der Waals surface area contributed by atoms with Crippen LogP contribution in [0.25, 0.3) is 11.4 Å². The fourth-order valence-electron chi connectivity index (χ4n) is 2.40. The van der Waals surface area contributed by atoms with Gasteiger partial charge in [-0.2, -0.15) is 4.98 Å². The maximum Gasteiger partial charge on any atom is 0.263 e. The number of carbonyl (C=O) groups excluding carboxylic acids is 1. The molecule has 7 heteroatoms. The number of ether oxygens (including phenoxy) is 1. The average molecular weight is 372 g/mol. The number of para-hydroxylation sites is 1. The van der Waals surface area contributed by atoms with Crippen LogP contribution >= 0.6 is 11.6 Å². The van der Waals surface area contributed by atoms with Gasteiger partial charge in [-0.3, -0.25) is 4.79 Å². The summed E-state index contributed by atoms with van der Waals surface area (Å²) >= 11 is 6.06. The first-order chi connectivity index (χ1) is 12.5. The minimum absolute atomic E-state index is 0.189. The summed E-state index contributed by atoms with van der Waals surface area (Å²) in [7, 11) is 1.65. The van der Waals surface area contributed by atoms with E-state index in [-0.39, 0.29) is 12.5 Å². The average Bonchev–Trinajstić information content (AvgIpc) is 3.12. The van der Waals surface area contributed by atoms with Gasteiger partial charge in [0.05, 0.1) is 11.6 Å². The zero-order chi connectivity index (χ0) is 18.5. The Morgan fingerprint density at radius 1 is 1.19 bits per heavy atom. The molecule has 0 spiro atoms. The molecule has 1 amide bonds. The maximum absolute atomic E-state index is 12.5. The smallest absolute Gasteiger partial charge is 0.263 e. The topological polar surface area (TPSA) is 68.5 Å². The summed E-state index contributed by atoms with van der Waals surface area (Å²) < 4.78 is 10.9. The van der Waals surface area contributed by atoms with Crippen molar-refractivity contribution >= 4 is 17.5 Å². The van der Waals surface area contributed by atoms with Gasteiger partial charge in [-0.15, -0.1) is 0 Å². The van der Waals surface area contributed by atoms with Crippen molar-refractivity contribution in [3.8, 4) is 17.1 Å². The van der Waals surface area contributed by atoms with Crippen molar-refractivity contribution in [1.82, 2.24) is 15.0 Å². The second-order valence-electron chi connectivity index (χ2n) is 5.76. The number of amides is 1. The summed E-state index contributed by atoms with van der Waals surface area (Å²) in [6, 6.07) is 16.5. The van der Waals surface area contributed by atoms with Crippen LogP contribution in [0, 0.1) is 0 Å². The highest BCUT2D eigenvalue weighted by Gasteiger charge is 2.22. The van der Waals surface area contributed by atoms with Crippen molar-refractivity contribution < 1.29 is 14.1 Å². The van der Waals surface area contributed by atoms with E-state index in [1.165, 1.54) is 4.90 Å². The Labute approximate surface area is 156 Å². The first-order valence-corrected chi connectivity index (χ1v) is 8.46. The molecule has 0 N–H and O–H groups in total. The minimum Gasteiger partial charge on any atom is -0.479 e. The molecule has 0 aliphatic heterocycles. The van der Waals surface area contributed by atoms with Crippen LogP contribution in [0.2, 0.25) is 5.02 Å². The molecule has 0 aliphatic carbocycles. The van der Waals surface area contributed by atoms with Crippen LogP contribution in [0.4, 0.5) is 0 Å². The van der Waals surface area contributed by atoms with Crippen molar-refractivity contribution in [2.24, 2.45) is 0 Å². The number of carbonyl (C=O) groups is 1. The van der Waals surface area contributed by atoms with Crippen molar-refractivity contribution in [2.75, 3.05) is 7.05 Å². The van der Waals surface area contributed by atoms with Crippen molar-refractivity contribution in [3.05, 3.63) is 65.5 Å². The van der Waals surface area contributed by atoms with E-state index >= 15 is 0 Å². The van der Waals surface area contributed by atoms with Gasteiger partial charge in [0.25, 0.3) is 5.91 Å². The third-order valence-electron chi connectivity index (χ3n) is 3.74. The lowest BCUT2D eigenvalue weighted by molar-refractivity contribution is -0.137. The summed E-state index contributed by atoms with van der Waals surface area (Å²) in [6.07, 6.45) is -0.698. The zero-order valence-corrected chi connectivity index (χ0v) is 15.2. The Hall–Kier alpha value is -2.86. The number of rotatable bonds is 6. The molecule has 0 bridgehead atoms. The summed E-state index contributed by atoms with van der Waals surface area (Å²) in [5.41, 5.74) is 0.854. The molecule has 0 fully saturated rings. The van der Waals surface area contributed by atoms with Gasteiger partial charge >= 0.3 is 0 Å². The Morgan fingerprint density at radius 2 is 1.88 bits per heavy atom. The number of likely N-dealkylation sites (N-methyl/N-ethyl adjacent to an activating group) is 1. The molecule has 26 heavy (non-hydrogen) atoms. The van der Waals surface area contributed by atoms with Crippen LogP contribution in [0.15, 0.2) is 59.1 Å². The molecule has 6 nitrogen and oxygen atoms in total. The van der Waals surface area contributed by atoms with Crippen LogP contribution in [0.5, 0.6) is 5.75 Å². The van der Waals surface area contributed by atoms with Gasteiger partial charge in [0.2, 0.25) is 11.7 Å². The number of hydrogen-bond donors (Lipinski definition) is 0. The van der Waals surface area contributed by atoms with Crippen molar-refractivity contribution in [1.29, 1.82) is 0 Å². The Morgan fingerprint density at radius 3 is 2.62 bits per heavy atom. The van der Waals surface area contributed by atoms with Gasteiger partial charge in [0.1, 0.15) is 5.75 Å². The quantitative estimate of drug-likeness (QED) is 0.659. The maximum atomic E-state index is 12.5. The second-order valence-corrected chi connectivity index (χ2v) is 6.17. The highest BCUT2D eigenvalue weighted by Crippen LogP contribution is 2.24. The largest absolute Gasteiger partial charge is 0.479 e. The van der Waals surface area contributed by atoms with E-state index in [2.05, 4.69) is 10.1 Å². The van der Waals surface area contributed by atoms with Crippen LogP contribution in [0.1, 0.15) is 12.8 Å². The van der Waals surface area contributed by atoms with E-state index in [4.69, 9.17) is 20.9 Å². The number of hydrogen-bond acceptors (Lipinski definition) is 5. The number of benzene rings is 2. The van der Waals surface area contributed by atoms with Gasteiger partial charge in [0, 0.05) is 12.6 Å². The molecule has 1 heterocycles. The fraction of sp³-hybridized carbons (Fsp3) is 0.211. The third-order valence-corrected chi connectivity index (χ3v) is 4.05. The Kier molecular flexibility index (Phi) is 5.53. The van der Waals surface area contributed by atoms with E-state index in [1.807, 2.05) is 30.3 Å². The van der Waals surface area contributed by atoms with E-state index in [1.54, 1.807) is 38.2 Å². The van der Waals surface area contributed by atoms with Crippen molar-refractivity contribution in [2.45, 2.75) is 19.6 Å². The van der Waals surface area contributed by atoms with E-state index in [9.17, 15) is 4.79 Å². The summed E-state index contributed by atoms with van der Waals surface area (Å²) in [5.74, 6) is 1.09. The normalized spacial score (nSPS) is 11.8. The SMILES string of the molecule is C[C@H](Oc1ccccc1Cl)C(=O)N(C)Cc1nc(-c2ccccc2)no1. The van der Waals surface area contributed by atoms with Crippen LogP contribution in [0.3, 0.4) is 0 Å². The Bertz CT molecular complexity index is 883. The lowest BCUT2D eigenvalue weighted by Crippen LogP contribution is -2.37. The number of halogens is 1. The van der Waals surface area contributed by atoms with Gasteiger partial charge < -0.3 is 14.2 Å². The summed E-state index contributed by atoms with van der Waals surface area (Å²) in [5, 5.41) is 4.41. The third kappa shape index (κ3) is 4.21. The predicted molar refractivity (Wildman–Crippen MR) is 97.8 cm³/mol. The fourth-order valence-corrected chi connectivity index (χ4v) is 2.58. The van der Waals surface area contributed by atoms with Crippen LogP contribution in [-0.4, -0.2) is 34.1 Å². The van der Waals surface area contributed by atoms with Crippen molar-refractivity contribution in [3.63, 3.8) is 0 Å². The van der Waals surface area contributed by atoms with Crippen LogP contribution in [-0.2, 0) is 11.3 Å². The monoisotopic (exact) mass is 371 g/mol. The molecule has 134 valence electrons. The number of aromatic nitrogens is 2. The minimum atomic E-state index is -0.698. The molecular formula is C19H18ClN3O3. The lowest BCUT2D eigenvalue weighted by atomic mass is 10.2. The molecule has 2 aromatic carbocycles. The first kappa shape index (κ1) is 17.9. The van der Waals surface area contributed by atoms with Gasteiger partial charge in [0.15, 0.2) is 6.10 Å². The first-order valence-electron chi connectivity index (χ1n) is 8.09.